The summed E-state index contributed by atoms with van der Waals surface area (Å²) in [6.45, 7) is 3.94. The molecule has 0 saturated carbocycles. The van der Waals surface area contributed by atoms with Crippen LogP contribution in [0.25, 0.3) is 0 Å². The summed E-state index contributed by atoms with van der Waals surface area (Å²) in [7, 11) is 0. The average Bonchev–Trinajstić information content (AvgIpc) is 3.77. The number of esters is 2. The number of carbonyl (C=O) groups excluding carboxylic acids is 2. The van der Waals surface area contributed by atoms with Gasteiger partial charge in [-0.3, -0.25) is 9.59 Å². The molecule has 0 aliphatic carbocycles. The Kier molecular flexibility index (Phi) is 78.3. The Balaban J connectivity index is 3.47. The van der Waals surface area contributed by atoms with Gasteiger partial charge in [-0.25, -0.2) is 0 Å². The van der Waals surface area contributed by atoms with Gasteiger partial charge < -0.3 is 14.6 Å². The average molecular weight is 1300 g/mol. The van der Waals surface area contributed by atoms with E-state index in [1.807, 2.05) is 0 Å². The zero-order chi connectivity index (χ0) is 67.5. The molecule has 5 heteroatoms. The number of hydrogen-bond acceptors (Lipinski definition) is 5. The van der Waals surface area contributed by atoms with Gasteiger partial charge in [-0.2, -0.15) is 0 Å². The van der Waals surface area contributed by atoms with Gasteiger partial charge in [-0.1, -0.05) is 389 Å². The quantitative estimate of drug-likeness (QED) is 0.0373. The monoisotopic (exact) mass is 1300 g/mol. The first-order valence-electron chi connectivity index (χ1n) is 39.7. The second-order valence-electron chi connectivity index (χ2n) is 26.0. The fourth-order valence-electron chi connectivity index (χ4n) is 11.2. The molecule has 0 aromatic carbocycles. The highest BCUT2D eigenvalue weighted by Gasteiger charge is 2.16. The second-order valence-corrected chi connectivity index (χ2v) is 26.0. The van der Waals surface area contributed by atoms with Crippen LogP contribution < -0.4 is 0 Å². The van der Waals surface area contributed by atoms with Crippen LogP contribution in [-0.2, 0) is 19.1 Å². The van der Waals surface area contributed by atoms with Crippen LogP contribution in [0.2, 0.25) is 0 Å². The number of aliphatic hydroxyl groups is 1. The van der Waals surface area contributed by atoms with Crippen LogP contribution in [0.1, 0.15) is 361 Å². The topological polar surface area (TPSA) is 72.8 Å². The van der Waals surface area contributed by atoms with Crippen LogP contribution in [0.4, 0.5) is 0 Å². The molecule has 0 heterocycles. The van der Waals surface area contributed by atoms with E-state index in [1.165, 1.54) is 205 Å². The van der Waals surface area contributed by atoms with Gasteiger partial charge >= 0.3 is 11.9 Å². The number of allylic oxidation sites excluding steroid dienone is 28. The van der Waals surface area contributed by atoms with Crippen molar-refractivity contribution in [2.24, 2.45) is 0 Å². The van der Waals surface area contributed by atoms with Crippen LogP contribution in [0.5, 0.6) is 0 Å². The van der Waals surface area contributed by atoms with E-state index in [9.17, 15) is 14.7 Å². The molecule has 0 aliphatic rings. The molecule has 0 bridgehead atoms. The molecule has 5 nitrogen and oxygen atoms in total. The van der Waals surface area contributed by atoms with Crippen LogP contribution in [0, 0.1) is 0 Å². The van der Waals surface area contributed by atoms with Crippen molar-refractivity contribution in [3.8, 4) is 0 Å². The van der Waals surface area contributed by atoms with Crippen LogP contribution in [0.15, 0.2) is 170 Å². The number of hydrogen-bond donors (Lipinski definition) is 1. The van der Waals surface area contributed by atoms with Gasteiger partial charge in [0.05, 0.1) is 6.61 Å². The molecule has 94 heavy (non-hydrogen) atoms. The fraction of sp³-hybridized carbons (Fsp3) is 0.663. The third kappa shape index (κ3) is 79.7. The zero-order valence-corrected chi connectivity index (χ0v) is 61.4. The molecule has 1 atom stereocenters. The normalized spacial score (nSPS) is 13.2. The van der Waals surface area contributed by atoms with E-state index in [2.05, 4.69) is 184 Å². The Morgan fingerprint density at radius 1 is 0.245 bits per heavy atom. The van der Waals surface area contributed by atoms with Crippen molar-refractivity contribution >= 4 is 11.9 Å². The van der Waals surface area contributed by atoms with Gasteiger partial charge in [-0.05, 0) is 128 Å². The molecule has 0 spiro atoms. The lowest BCUT2D eigenvalue weighted by atomic mass is 10.0. The first kappa shape index (κ1) is 89.3. The molecule has 1 N–H and O–H groups in total. The maximum atomic E-state index is 12.4. The molecule has 0 aromatic heterocycles. The van der Waals surface area contributed by atoms with E-state index < -0.39 is 6.10 Å². The summed E-state index contributed by atoms with van der Waals surface area (Å²) in [6, 6.07) is 0. The Morgan fingerprint density at radius 3 is 0.638 bits per heavy atom. The predicted molar refractivity (Wildman–Crippen MR) is 417 cm³/mol. The maximum absolute atomic E-state index is 12.4. The van der Waals surface area contributed by atoms with E-state index in [0.717, 1.165) is 128 Å². The molecule has 534 valence electrons. The van der Waals surface area contributed by atoms with Gasteiger partial charge in [-0.15, -0.1) is 0 Å². The number of carbonyl (C=O) groups is 2. The largest absolute Gasteiger partial charge is 0.462 e. The van der Waals surface area contributed by atoms with E-state index >= 15 is 0 Å². The summed E-state index contributed by atoms with van der Waals surface area (Å²) in [5.41, 5.74) is 0. The molecule has 1 unspecified atom stereocenters. The summed E-state index contributed by atoms with van der Waals surface area (Å²) in [5, 5.41) is 9.73. The third-order valence-corrected chi connectivity index (χ3v) is 17.0. The first-order valence-corrected chi connectivity index (χ1v) is 39.7. The van der Waals surface area contributed by atoms with Crippen molar-refractivity contribution in [1.82, 2.24) is 0 Å². The Labute approximate surface area is 583 Å². The van der Waals surface area contributed by atoms with Crippen molar-refractivity contribution < 1.29 is 24.2 Å². The minimum absolute atomic E-state index is 0.0694. The second kappa shape index (κ2) is 82.5. The van der Waals surface area contributed by atoms with Gasteiger partial charge in [0.2, 0.25) is 0 Å². The van der Waals surface area contributed by atoms with Gasteiger partial charge in [0.25, 0.3) is 0 Å². The van der Waals surface area contributed by atoms with Crippen molar-refractivity contribution in [1.29, 1.82) is 0 Å². The highest BCUT2D eigenvalue weighted by molar-refractivity contribution is 5.70. The fourth-order valence-corrected chi connectivity index (χ4v) is 11.2. The number of ether oxygens (including phenoxy) is 2. The molecule has 0 aliphatic heterocycles. The van der Waals surface area contributed by atoms with Crippen LogP contribution >= 0.6 is 0 Å². The smallest absolute Gasteiger partial charge is 0.306 e. The summed E-state index contributed by atoms with van der Waals surface area (Å²) >= 11 is 0. The summed E-state index contributed by atoms with van der Waals surface area (Å²) in [4.78, 5) is 24.7. The molecule has 0 fully saturated rings. The highest BCUT2D eigenvalue weighted by Crippen LogP contribution is 2.18. The number of aliphatic hydroxyl groups excluding tert-OH is 1. The lowest BCUT2D eigenvalue weighted by molar-refractivity contribution is -0.161. The highest BCUT2D eigenvalue weighted by atomic mass is 16.6. The van der Waals surface area contributed by atoms with E-state index in [4.69, 9.17) is 9.47 Å². The van der Waals surface area contributed by atoms with Crippen molar-refractivity contribution in [2.75, 3.05) is 13.2 Å². The summed E-state index contributed by atoms with van der Waals surface area (Å²) in [5.74, 6) is -0.584. The molecule has 0 saturated heterocycles. The predicted octanol–water partition coefficient (Wildman–Crippen LogP) is 28.3. The van der Waals surface area contributed by atoms with Crippen molar-refractivity contribution in [2.45, 2.75) is 367 Å². The third-order valence-electron chi connectivity index (χ3n) is 17.0. The lowest BCUT2D eigenvalue weighted by Crippen LogP contribution is -2.28. The molecular weight excluding hydrogens is 1150 g/mol. The Morgan fingerprint density at radius 2 is 0.426 bits per heavy atom. The lowest BCUT2D eigenvalue weighted by Gasteiger charge is -2.15. The van der Waals surface area contributed by atoms with Crippen LogP contribution in [-0.4, -0.2) is 36.4 Å². The van der Waals surface area contributed by atoms with Gasteiger partial charge in [0.1, 0.15) is 6.61 Å². The number of unbranched alkanes of at least 4 members (excludes halogenated alkanes) is 36. The molecule has 0 amide bonds. The SMILES string of the molecule is CC/C=C\C/C=C\C/C=C\C/C=C\C/C=C\C/C=C\C/C=C\C/C=C\C/C=C\CCCCCCCCCCCCCCCC(=O)OC(CO)COC(=O)CCCCCCCCCCCCCCCCCCCCCCCCC/C=C\C/C=C\C/C=C\C/C=C\C/C=C\CC. The Hall–Kier alpha value is -4.74. The molecule has 0 aromatic rings. The first-order chi connectivity index (χ1) is 46.6. The summed E-state index contributed by atoms with van der Waals surface area (Å²) in [6.07, 6.45) is 127. The van der Waals surface area contributed by atoms with E-state index in [0.29, 0.717) is 12.8 Å². The van der Waals surface area contributed by atoms with Crippen LogP contribution in [0.3, 0.4) is 0 Å². The van der Waals surface area contributed by atoms with E-state index in [1.54, 1.807) is 0 Å². The zero-order valence-electron chi connectivity index (χ0n) is 61.4. The maximum Gasteiger partial charge on any atom is 0.306 e. The molecule has 0 rings (SSSR count). The standard InChI is InChI=1S/C89H148O5/c1-3-5-7-9-11-13-15-17-19-21-23-25-27-29-31-33-35-37-39-41-43-44-46-48-50-52-54-56-58-60-62-64-66-68-70-72-74-76-78-80-82-84-89(92)94-87(85-90)86-93-88(91)83-81-79-77-75-73-71-69-67-65-63-61-59-57-55-53-51-49-47-45-42-40-38-36-34-32-30-28-26-24-22-20-18-16-14-12-10-8-6-4-2/h5-8,11-14,17-20,23-26,29-32,35,37,41,43,46,48,52,54,87,90H,3-4,9-10,15-16,21-22,27-28,33-34,36,38-40,42,44-45,47,49-51,53,55-86H2,1-2H3/b7-5-,8-6-,13-11-,14-12-,19-17-,20-18-,25-23-,26-24-,31-29-,32-30-,37-35-,43-41-,48-46-,54-52-. The van der Waals surface area contributed by atoms with Gasteiger partial charge in [0, 0.05) is 12.8 Å². The molecular formula is C89H148O5. The van der Waals surface area contributed by atoms with Gasteiger partial charge in [0.15, 0.2) is 6.10 Å². The minimum Gasteiger partial charge on any atom is -0.462 e. The summed E-state index contributed by atoms with van der Waals surface area (Å²) < 4.78 is 10.8. The van der Waals surface area contributed by atoms with Crippen molar-refractivity contribution in [3.63, 3.8) is 0 Å². The number of rotatable bonds is 72. The van der Waals surface area contributed by atoms with E-state index in [-0.39, 0.29) is 25.2 Å². The molecule has 0 radical (unpaired) electrons. The minimum atomic E-state index is -0.782. The Bertz CT molecular complexity index is 2010. The van der Waals surface area contributed by atoms with Crippen molar-refractivity contribution in [3.05, 3.63) is 170 Å².